The molecule has 0 amide bonds. The van der Waals surface area contributed by atoms with Gasteiger partial charge in [0.15, 0.2) is 5.78 Å². The predicted molar refractivity (Wildman–Crippen MR) is 64.0 cm³/mol. The number of hydrogen-bond acceptors (Lipinski definition) is 2. The van der Waals surface area contributed by atoms with Crippen molar-refractivity contribution in [1.29, 1.82) is 0 Å². The van der Waals surface area contributed by atoms with Crippen LogP contribution in [0.3, 0.4) is 0 Å². The molecular formula is C13H15ClO2. The Balaban J connectivity index is 2.05. The summed E-state index contributed by atoms with van der Waals surface area (Å²) in [5, 5.41) is 0.654. The normalized spacial score (nSPS) is 17.9. The largest absolute Gasteiger partial charge is 0.378 e. The van der Waals surface area contributed by atoms with E-state index in [9.17, 15) is 4.79 Å². The van der Waals surface area contributed by atoms with Gasteiger partial charge in [-0.2, -0.15) is 0 Å². The molecule has 2 nitrogen and oxygen atoms in total. The summed E-state index contributed by atoms with van der Waals surface area (Å²) in [6.07, 6.45) is 3.61. The number of halogens is 1. The Morgan fingerprint density at radius 1 is 1.38 bits per heavy atom. The van der Waals surface area contributed by atoms with Crippen LogP contribution in [0.5, 0.6) is 0 Å². The molecule has 0 bridgehead atoms. The molecule has 1 aliphatic rings. The molecule has 0 radical (unpaired) electrons. The van der Waals surface area contributed by atoms with Crippen molar-refractivity contribution >= 4 is 17.4 Å². The van der Waals surface area contributed by atoms with Gasteiger partial charge in [0.1, 0.15) is 0 Å². The third kappa shape index (κ3) is 2.28. The van der Waals surface area contributed by atoms with Crippen molar-refractivity contribution < 1.29 is 9.53 Å². The predicted octanol–water partition coefficient (Wildman–Crippen LogP) is 3.48. The first kappa shape index (κ1) is 11.6. The average molecular weight is 239 g/mol. The Hall–Kier alpha value is -0.860. The summed E-state index contributed by atoms with van der Waals surface area (Å²) in [7, 11) is 1.69. The summed E-state index contributed by atoms with van der Waals surface area (Å²) in [5.74, 6) is 0.137. The van der Waals surface area contributed by atoms with E-state index in [0.29, 0.717) is 17.0 Å². The zero-order valence-electron chi connectivity index (χ0n) is 9.33. The Morgan fingerprint density at radius 2 is 2.00 bits per heavy atom. The molecular weight excluding hydrogens is 224 g/mol. The van der Waals surface area contributed by atoms with Crippen LogP contribution in [0, 0.1) is 0 Å². The number of methoxy groups -OCH3 is 1. The van der Waals surface area contributed by atoms with E-state index in [1.807, 2.05) is 0 Å². The molecule has 16 heavy (non-hydrogen) atoms. The molecule has 0 aromatic heterocycles. The summed E-state index contributed by atoms with van der Waals surface area (Å²) in [6.45, 7) is 0. The Labute approximate surface area is 101 Å². The van der Waals surface area contributed by atoms with Crippen LogP contribution in [-0.4, -0.2) is 18.5 Å². The van der Waals surface area contributed by atoms with Gasteiger partial charge in [0.05, 0.1) is 5.60 Å². The summed E-state index contributed by atoms with van der Waals surface area (Å²) >= 11 is 5.78. The monoisotopic (exact) mass is 238 g/mol. The van der Waals surface area contributed by atoms with Crippen molar-refractivity contribution in [3.63, 3.8) is 0 Å². The summed E-state index contributed by atoms with van der Waals surface area (Å²) in [6, 6.07) is 7.03. The van der Waals surface area contributed by atoms with Gasteiger partial charge in [0.25, 0.3) is 0 Å². The number of carbonyl (C=O) groups is 1. The minimum Gasteiger partial charge on any atom is -0.378 e. The van der Waals surface area contributed by atoms with Crippen molar-refractivity contribution in [2.24, 2.45) is 0 Å². The molecule has 3 heteroatoms. The molecule has 0 atom stereocenters. The second kappa shape index (κ2) is 4.56. The number of benzene rings is 1. The number of Topliss-reactive ketones (excluding diaryl/α,β-unsaturated/α-hetero) is 1. The summed E-state index contributed by atoms with van der Waals surface area (Å²) in [4.78, 5) is 12.0. The molecule has 0 aliphatic heterocycles. The van der Waals surface area contributed by atoms with Gasteiger partial charge < -0.3 is 4.74 Å². The highest BCUT2D eigenvalue weighted by atomic mass is 35.5. The van der Waals surface area contributed by atoms with Crippen LogP contribution in [0.1, 0.15) is 36.0 Å². The fraction of sp³-hybridized carbons (Fsp3) is 0.462. The Kier molecular flexibility index (Phi) is 3.31. The molecule has 0 unspecified atom stereocenters. The first-order valence-corrected chi connectivity index (χ1v) is 5.87. The second-order valence-electron chi connectivity index (χ2n) is 4.35. The Bertz CT molecular complexity index is 374. The number of hydrogen-bond donors (Lipinski definition) is 0. The van der Waals surface area contributed by atoms with Gasteiger partial charge in [-0.3, -0.25) is 4.79 Å². The van der Waals surface area contributed by atoms with Crippen molar-refractivity contribution in [2.45, 2.75) is 31.3 Å². The number of ketones is 1. The third-order valence-electron chi connectivity index (χ3n) is 3.35. The van der Waals surface area contributed by atoms with E-state index < -0.39 is 0 Å². The molecule has 1 aromatic carbocycles. The zero-order valence-corrected chi connectivity index (χ0v) is 10.1. The van der Waals surface area contributed by atoms with Gasteiger partial charge in [0, 0.05) is 24.1 Å². The van der Waals surface area contributed by atoms with Crippen LogP contribution >= 0.6 is 11.6 Å². The summed E-state index contributed by atoms with van der Waals surface area (Å²) in [5.41, 5.74) is 0.518. The third-order valence-corrected chi connectivity index (χ3v) is 3.60. The minimum absolute atomic E-state index is 0.137. The van der Waals surface area contributed by atoms with E-state index in [1.54, 1.807) is 31.4 Å². The van der Waals surface area contributed by atoms with Gasteiger partial charge >= 0.3 is 0 Å². The van der Waals surface area contributed by atoms with Crippen molar-refractivity contribution in [1.82, 2.24) is 0 Å². The average Bonchev–Trinajstić information content (AvgIpc) is 2.24. The molecule has 86 valence electrons. The van der Waals surface area contributed by atoms with Gasteiger partial charge in [-0.05, 0) is 43.5 Å². The molecule has 2 rings (SSSR count). The summed E-state index contributed by atoms with van der Waals surface area (Å²) < 4.78 is 5.44. The van der Waals surface area contributed by atoms with Crippen molar-refractivity contribution in [3.8, 4) is 0 Å². The van der Waals surface area contributed by atoms with E-state index >= 15 is 0 Å². The molecule has 1 fully saturated rings. The lowest BCUT2D eigenvalue weighted by Gasteiger charge is -2.40. The van der Waals surface area contributed by atoms with E-state index in [4.69, 9.17) is 16.3 Å². The van der Waals surface area contributed by atoms with Crippen molar-refractivity contribution in [2.75, 3.05) is 7.11 Å². The molecule has 0 saturated heterocycles. The quantitative estimate of drug-likeness (QED) is 0.751. The van der Waals surface area contributed by atoms with Gasteiger partial charge in [-0.25, -0.2) is 0 Å². The lowest BCUT2D eigenvalue weighted by molar-refractivity contribution is -0.0704. The maximum Gasteiger partial charge on any atom is 0.165 e. The van der Waals surface area contributed by atoms with E-state index in [2.05, 4.69) is 0 Å². The maximum absolute atomic E-state index is 12.0. The van der Waals surface area contributed by atoms with Crippen LogP contribution in [-0.2, 0) is 4.74 Å². The van der Waals surface area contributed by atoms with E-state index in [1.165, 1.54) is 0 Å². The maximum atomic E-state index is 12.0. The van der Waals surface area contributed by atoms with E-state index in [-0.39, 0.29) is 11.4 Å². The molecule has 0 N–H and O–H groups in total. The fourth-order valence-electron chi connectivity index (χ4n) is 2.05. The lowest BCUT2D eigenvalue weighted by atomic mass is 9.76. The molecule has 0 spiro atoms. The standard InChI is InChI=1S/C13H15ClO2/c1-16-13(7-2-8-13)9-12(15)10-3-5-11(14)6-4-10/h3-6H,2,7-9H2,1H3. The lowest BCUT2D eigenvalue weighted by Crippen LogP contribution is -2.41. The number of carbonyl (C=O) groups excluding carboxylic acids is 1. The highest BCUT2D eigenvalue weighted by molar-refractivity contribution is 6.30. The van der Waals surface area contributed by atoms with Gasteiger partial charge in [-0.1, -0.05) is 11.6 Å². The molecule has 1 aliphatic carbocycles. The fourth-order valence-corrected chi connectivity index (χ4v) is 2.18. The molecule has 1 aromatic rings. The molecule has 1 saturated carbocycles. The van der Waals surface area contributed by atoms with Crippen LogP contribution in [0.25, 0.3) is 0 Å². The Morgan fingerprint density at radius 3 is 2.44 bits per heavy atom. The van der Waals surface area contributed by atoms with Crippen LogP contribution < -0.4 is 0 Å². The van der Waals surface area contributed by atoms with Crippen LogP contribution in [0.15, 0.2) is 24.3 Å². The van der Waals surface area contributed by atoms with Crippen molar-refractivity contribution in [3.05, 3.63) is 34.9 Å². The first-order chi connectivity index (χ1) is 7.65. The smallest absolute Gasteiger partial charge is 0.165 e. The highest BCUT2D eigenvalue weighted by Gasteiger charge is 2.38. The zero-order chi connectivity index (χ0) is 11.6. The number of ether oxygens (including phenoxy) is 1. The first-order valence-electron chi connectivity index (χ1n) is 5.49. The van der Waals surface area contributed by atoms with Gasteiger partial charge in [0.2, 0.25) is 0 Å². The van der Waals surface area contributed by atoms with E-state index in [0.717, 1.165) is 19.3 Å². The molecule has 0 heterocycles. The second-order valence-corrected chi connectivity index (χ2v) is 4.78. The number of rotatable bonds is 4. The van der Waals surface area contributed by atoms with Crippen LogP contribution in [0.4, 0.5) is 0 Å². The minimum atomic E-state index is -0.198. The van der Waals surface area contributed by atoms with Gasteiger partial charge in [-0.15, -0.1) is 0 Å². The van der Waals surface area contributed by atoms with Crippen LogP contribution in [0.2, 0.25) is 5.02 Å². The highest BCUT2D eigenvalue weighted by Crippen LogP contribution is 2.38. The topological polar surface area (TPSA) is 26.3 Å². The SMILES string of the molecule is COC1(CC(=O)c2ccc(Cl)cc2)CCC1.